The fraction of sp³-hybridized carbons (Fsp3) is 0.464. The Morgan fingerprint density at radius 3 is 2.11 bits per heavy atom. The Morgan fingerprint density at radius 2 is 1.44 bits per heavy atom. The van der Waals surface area contributed by atoms with Crippen LogP contribution in [-0.2, 0) is 14.4 Å². The summed E-state index contributed by atoms with van der Waals surface area (Å²) in [4.78, 5) is 44.7. The SMILES string of the molecule is CN(CCN(C)C1CC1c1ccccc1)C(=O)ONC(=O)CCCCCCC(=O)Nc1ccccc1. The minimum Gasteiger partial charge on any atom is -0.326 e. The monoisotopic (exact) mass is 494 g/mol. The van der Waals surface area contributed by atoms with E-state index in [1.54, 1.807) is 7.05 Å². The highest BCUT2D eigenvalue weighted by Gasteiger charge is 2.40. The van der Waals surface area contributed by atoms with Crippen LogP contribution in [0.2, 0.25) is 0 Å². The summed E-state index contributed by atoms with van der Waals surface area (Å²) in [5, 5.41) is 2.86. The van der Waals surface area contributed by atoms with Crippen molar-refractivity contribution >= 4 is 23.6 Å². The minimum absolute atomic E-state index is 0.00527. The summed E-state index contributed by atoms with van der Waals surface area (Å²) < 4.78 is 0. The fourth-order valence-electron chi connectivity index (χ4n) is 4.19. The van der Waals surface area contributed by atoms with Crippen molar-refractivity contribution in [1.82, 2.24) is 15.3 Å². The molecule has 2 aromatic carbocycles. The number of rotatable bonds is 13. The van der Waals surface area contributed by atoms with Crippen LogP contribution in [0.1, 0.15) is 56.4 Å². The van der Waals surface area contributed by atoms with E-state index >= 15 is 0 Å². The maximum absolute atomic E-state index is 12.2. The molecule has 2 N–H and O–H groups in total. The molecule has 0 aromatic heterocycles. The lowest BCUT2D eigenvalue weighted by Crippen LogP contribution is -2.39. The third kappa shape index (κ3) is 9.34. The molecule has 194 valence electrons. The molecule has 0 heterocycles. The van der Waals surface area contributed by atoms with Gasteiger partial charge < -0.3 is 20.0 Å². The first-order chi connectivity index (χ1) is 17.4. The highest BCUT2D eigenvalue weighted by atomic mass is 16.7. The third-order valence-electron chi connectivity index (χ3n) is 6.52. The van der Waals surface area contributed by atoms with E-state index in [0.29, 0.717) is 31.3 Å². The molecule has 1 fully saturated rings. The van der Waals surface area contributed by atoms with E-state index in [9.17, 15) is 14.4 Å². The molecule has 1 saturated carbocycles. The minimum atomic E-state index is -0.573. The highest BCUT2D eigenvalue weighted by molar-refractivity contribution is 5.90. The van der Waals surface area contributed by atoms with Gasteiger partial charge in [0.1, 0.15) is 0 Å². The van der Waals surface area contributed by atoms with Crippen LogP contribution >= 0.6 is 0 Å². The van der Waals surface area contributed by atoms with Crippen LogP contribution in [0.5, 0.6) is 0 Å². The van der Waals surface area contributed by atoms with Crippen molar-refractivity contribution in [1.29, 1.82) is 0 Å². The van der Waals surface area contributed by atoms with Gasteiger partial charge in [0.25, 0.3) is 5.91 Å². The lowest BCUT2D eigenvalue weighted by Gasteiger charge is -2.22. The first-order valence-corrected chi connectivity index (χ1v) is 12.7. The zero-order chi connectivity index (χ0) is 25.8. The second-order valence-electron chi connectivity index (χ2n) is 9.44. The molecule has 2 unspecified atom stereocenters. The molecule has 2 atom stereocenters. The molecule has 0 radical (unpaired) electrons. The smallest absolute Gasteiger partial charge is 0.326 e. The van der Waals surface area contributed by atoms with Crippen LogP contribution in [0.3, 0.4) is 0 Å². The van der Waals surface area contributed by atoms with Gasteiger partial charge in [-0.2, -0.15) is 5.48 Å². The Kier molecular flexibility index (Phi) is 10.8. The number of anilines is 1. The summed E-state index contributed by atoms with van der Waals surface area (Å²) in [5.41, 5.74) is 4.40. The highest BCUT2D eigenvalue weighted by Crippen LogP contribution is 2.43. The zero-order valence-corrected chi connectivity index (χ0v) is 21.3. The largest absolute Gasteiger partial charge is 0.433 e. The molecule has 1 aliphatic rings. The van der Waals surface area contributed by atoms with Crippen molar-refractivity contribution in [2.75, 3.05) is 32.5 Å². The number of likely N-dealkylation sites (N-methyl/N-ethyl adjacent to an activating group) is 2. The van der Waals surface area contributed by atoms with Crippen LogP contribution in [-0.4, -0.2) is 60.9 Å². The van der Waals surface area contributed by atoms with E-state index in [1.807, 2.05) is 36.4 Å². The molecular weight excluding hydrogens is 456 g/mol. The molecule has 8 nitrogen and oxygen atoms in total. The quantitative estimate of drug-likeness (QED) is 0.315. The number of benzene rings is 2. The average molecular weight is 495 g/mol. The van der Waals surface area contributed by atoms with Gasteiger partial charge in [0.2, 0.25) is 5.91 Å². The Bertz CT molecular complexity index is 970. The predicted octanol–water partition coefficient (Wildman–Crippen LogP) is 4.55. The van der Waals surface area contributed by atoms with Crippen LogP contribution < -0.4 is 10.8 Å². The number of carbonyl (C=O) groups excluding carboxylic acids is 3. The summed E-state index contributed by atoms with van der Waals surface area (Å²) in [7, 11) is 3.74. The van der Waals surface area contributed by atoms with Crippen LogP contribution in [0, 0.1) is 0 Å². The van der Waals surface area contributed by atoms with Crippen molar-refractivity contribution in [3.8, 4) is 0 Å². The molecule has 3 amide bonds. The molecular formula is C28H38N4O4. The third-order valence-corrected chi connectivity index (χ3v) is 6.52. The Labute approximate surface area is 213 Å². The molecule has 2 aromatic rings. The lowest BCUT2D eigenvalue weighted by atomic mass is 10.1. The van der Waals surface area contributed by atoms with Crippen LogP contribution in [0.4, 0.5) is 10.5 Å². The molecule has 0 aliphatic heterocycles. The first-order valence-electron chi connectivity index (χ1n) is 12.7. The van der Waals surface area contributed by atoms with Gasteiger partial charge in [0, 0.05) is 50.6 Å². The topological polar surface area (TPSA) is 91.0 Å². The number of hydrogen-bond donors (Lipinski definition) is 2. The van der Waals surface area contributed by atoms with E-state index in [1.165, 1.54) is 10.5 Å². The van der Waals surface area contributed by atoms with Crippen molar-refractivity contribution in [3.63, 3.8) is 0 Å². The van der Waals surface area contributed by atoms with Gasteiger partial charge in [-0.25, -0.2) is 4.79 Å². The molecule has 8 heteroatoms. The second-order valence-corrected chi connectivity index (χ2v) is 9.44. The zero-order valence-electron chi connectivity index (χ0n) is 21.3. The average Bonchev–Trinajstić information content (AvgIpc) is 3.70. The van der Waals surface area contributed by atoms with Gasteiger partial charge in [-0.1, -0.05) is 61.4 Å². The maximum atomic E-state index is 12.2. The number of para-hydroxylation sites is 1. The fourth-order valence-corrected chi connectivity index (χ4v) is 4.19. The van der Waals surface area contributed by atoms with E-state index in [2.05, 4.69) is 47.0 Å². The molecule has 0 bridgehead atoms. The van der Waals surface area contributed by atoms with Crippen LogP contribution in [0.15, 0.2) is 60.7 Å². The Morgan fingerprint density at radius 1 is 0.833 bits per heavy atom. The summed E-state index contributed by atoms with van der Waals surface area (Å²) in [5.74, 6) is 0.230. The number of hydrogen-bond acceptors (Lipinski definition) is 5. The summed E-state index contributed by atoms with van der Waals surface area (Å²) in [6, 6.07) is 20.4. The van der Waals surface area contributed by atoms with E-state index in [4.69, 9.17) is 4.84 Å². The predicted molar refractivity (Wildman–Crippen MR) is 140 cm³/mol. The summed E-state index contributed by atoms with van der Waals surface area (Å²) in [6.45, 7) is 1.25. The normalized spacial score (nSPS) is 16.3. The van der Waals surface area contributed by atoms with Crippen molar-refractivity contribution < 1.29 is 19.2 Å². The first kappa shape index (κ1) is 27.2. The Balaban J connectivity index is 1.18. The summed E-state index contributed by atoms with van der Waals surface area (Å²) in [6.07, 6.45) is 4.42. The Hall–Kier alpha value is -3.39. The lowest BCUT2D eigenvalue weighted by molar-refractivity contribution is -0.130. The number of nitrogens with one attached hydrogen (secondary N) is 2. The number of carbonyl (C=O) groups is 3. The number of amides is 3. The van der Waals surface area contributed by atoms with E-state index in [-0.39, 0.29) is 18.2 Å². The maximum Gasteiger partial charge on any atom is 0.433 e. The van der Waals surface area contributed by atoms with E-state index in [0.717, 1.165) is 37.9 Å². The second kappa shape index (κ2) is 14.2. The number of unbranched alkanes of at least 4 members (excludes halogenated alkanes) is 3. The van der Waals surface area contributed by atoms with Gasteiger partial charge in [-0.3, -0.25) is 9.59 Å². The molecule has 0 saturated heterocycles. The summed E-state index contributed by atoms with van der Waals surface area (Å²) >= 11 is 0. The van der Waals surface area contributed by atoms with Gasteiger partial charge >= 0.3 is 6.09 Å². The molecule has 36 heavy (non-hydrogen) atoms. The van der Waals surface area contributed by atoms with Crippen molar-refractivity contribution in [2.24, 2.45) is 0 Å². The van der Waals surface area contributed by atoms with Crippen molar-refractivity contribution in [3.05, 3.63) is 66.2 Å². The van der Waals surface area contributed by atoms with Crippen molar-refractivity contribution in [2.45, 2.75) is 56.9 Å². The van der Waals surface area contributed by atoms with Gasteiger partial charge in [0.15, 0.2) is 0 Å². The van der Waals surface area contributed by atoms with Crippen LogP contribution in [0.25, 0.3) is 0 Å². The standard InChI is InChI=1S/C28H38N4O4/c1-31(25-21-24(25)22-13-7-5-8-14-22)19-20-32(2)28(35)36-30-27(34)18-12-4-3-11-17-26(33)29-23-15-9-6-10-16-23/h5-10,13-16,24-25H,3-4,11-12,17-21H2,1-2H3,(H,29,33)(H,30,34). The molecule has 1 aliphatic carbocycles. The number of nitrogens with zero attached hydrogens (tertiary/aromatic N) is 2. The van der Waals surface area contributed by atoms with E-state index < -0.39 is 6.09 Å². The van der Waals surface area contributed by atoms with Gasteiger partial charge in [-0.05, 0) is 44.0 Å². The van der Waals surface area contributed by atoms with Gasteiger partial charge in [-0.15, -0.1) is 0 Å². The van der Waals surface area contributed by atoms with Gasteiger partial charge in [0.05, 0.1) is 0 Å². The molecule has 3 rings (SSSR count). The number of hydroxylamine groups is 1. The molecule has 0 spiro atoms.